The summed E-state index contributed by atoms with van der Waals surface area (Å²) in [5, 5.41) is 20.7. The van der Waals surface area contributed by atoms with Gasteiger partial charge in [0.15, 0.2) is 0 Å². The summed E-state index contributed by atoms with van der Waals surface area (Å²) in [6.45, 7) is -0.434. The number of benzene rings is 1. The Labute approximate surface area is 140 Å². The molecule has 1 aromatic rings. The van der Waals surface area contributed by atoms with Crippen LogP contribution < -0.4 is 4.90 Å². The summed E-state index contributed by atoms with van der Waals surface area (Å²) in [5.41, 5.74) is -1.52. The molecule has 24 heavy (non-hydrogen) atoms. The number of amides is 2. The molecule has 0 aromatic heterocycles. The van der Waals surface area contributed by atoms with E-state index in [2.05, 4.69) is 0 Å². The second kappa shape index (κ2) is 4.85. The van der Waals surface area contributed by atoms with Crippen LogP contribution in [0.15, 0.2) is 30.4 Å². The Kier molecular flexibility index (Phi) is 3.08. The molecule has 3 aliphatic heterocycles. The van der Waals surface area contributed by atoms with Gasteiger partial charge in [0.2, 0.25) is 11.8 Å². The molecule has 1 aromatic carbocycles. The zero-order valence-corrected chi connectivity index (χ0v) is 12.8. The van der Waals surface area contributed by atoms with Crippen LogP contribution in [0.3, 0.4) is 0 Å². The highest BCUT2D eigenvalue weighted by Crippen LogP contribution is 2.52. The highest BCUT2D eigenvalue weighted by atomic mass is 35.5. The lowest BCUT2D eigenvalue weighted by atomic mass is 9.77. The van der Waals surface area contributed by atoms with Crippen LogP contribution in [0.2, 0.25) is 5.02 Å². The van der Waals surface area contributed by atoms with Crippen molar-refractivity contribution in [3.63, 3.8) is 0 Å². The van der Waals surface area contributed by atoms with E-state index in [1.165, 1.54) is 12.1 Å². The van der Waals surface area contributed by atoms with Crippen molar-refractivity contribution in [3.8, 4) is 0 Å². The summed E-state index contributed by atoms with van der Waals surface area (Å²) in [6, 6.07) is 3.57. The first-order valence-corrected chi connectivity index (χ1v) is 7.57. The second-order valence-corrected chi connectivity index (χ2v) is 6.37. The molecule has 2 bridgehead atoms. The Morgan fingerprint density at radius 1 is 1.38 bits per heavy atom. The van der Waals surface area contributed by atoms with Crippen LogP contribution in [0.1, 0.15) is 0 Å². The van der Waals surface area contributed by atoms with Crippen LogP contribution in [0.4, 0.5) is 11.4 Å². The van der Waals surface area contributed by atoms with Crippen molar-refractivity contribution in [3.05, 3.63) is 45.5 Å². The molecule has 2 saturated heterocycles. The number of hydrogen-bond acceptors (Lipinski definition) is 6. The predicted octanol–water partition coefficient (Wildman–Crippen LogP) is 1.05. The SMILES string of the molecule is O=C1[C@@H]2[C@@H]3C=C[C@@](CO)(O3)[C@@H]2C(=O)N1c1cc([N+](=O)[O-])ccc1Cl. The minimum Gasteiger partial charge on any atom is -0.393 e. The fraction of sp³-hybridized carbons (Fsp3) is 0.333. The highest BCUT2D eigenvalue weighted by Gasteiger charge is 2.67. The molecule has 4 atom stereocenters. The Bertz CT molecular complexity index is 824. The molecule has 0 spiro atoms. The first-order valence-electron chi connectivity index (χ1n) is 7.19. The van der Waals surface area contributed by atoms with Gasteiger partial charge >= 0.3 is 0 Å². The van der Waals surface area contributed by atoms with E-state index in [1.807, 2.05) is 0 Å². The summed E-state index contributed by atoms with van der Waals surface area (Å²) < 4.78 is 5.62. The number of carbonyl (C=O) groups is 2. The third-order valence-corrected chi connectivity index (χ3v) is 5.10. The van der Waals surface area contributed by atoms with Gasteiger partial charge in [-0.25, -0.2) is 4.90 Å². The van der Waals surface area contributed by atoms with E-state index >= 15 is 0 Å². The molecule has 124 valence electrons. The van der Waals surface area contributed by atoms with Gasteiger partial charge in [-0.05, 0) is 6.07 Å². The van der Waals surface area contributed by atoms with Gasteiger partial charge in [-0.2, -0.15) is 0 Å². The normalized spacial score (nSPS) is 33.4. The lowest BCUT2D eigenvalue weighted by Gasteiger charge is -2.26. The molecule has 8 nitrogen and oxygen atoms in total. The van der Waals surface area contributed by atoms with E-state index in [0.29, 0.717) is 0 Å². The van der Waals surface area contributed by atoms with Crippen LogP contribution in [0, 0.1) is 22.0 Å². The molecule has 3 aliphatic rings. The smallest absolute Gasteiger partial charge is 0.271 e. The molecule has 2 fully saturated rings. The van der Waals surface area contributed by atoms with E-state index in [1.54, 1.807) is 12.2 Å². The van der Waals surface area contributed by atoms with Gasteiger partial charge in [-0.1, -0.05) is 23.8 Å². The number of ether oxygens (including phenoxy) is 1. The number of hydrogen-bond donors (Lipinski definition) is 1. The Hall–Kier alpha value is -2.29. The molecule has 2 amide bonds. The maximum absolute atomic E-state index is 12.8. The first kappa shape index (κ1) is 15.3. The van der Waals surface area contributed by atoms with Crippen LogP contribution in [-0.4, -0.2) is 40.2 Å². The number of fused-ring (bicyclic) bond motifs is 5. The van der Waals surface area contributed by atoms with Crippen molar-refractivity contribution in [1.29, 1.82) is 0 Å². The lowest BCUT2D eigenvalue weighted by Crippen LogP contribution is -2.43. The van der Waals surface area contributed by atoms with Gasteiger partial charge < -0.3 is 9.84 Å². The van der Waals surface area contributed by atoms with E-state index in [0.717, 1.165) is 11.0 Å². The zero-order valence-electron chi connectivity index (χ0n) is 12.1. The minimum atomic E-state index is -1.22. The molecule has 0 aliphatic carbocycles. The third kappa shape index (κ3) is 1.75. The lowest BCUT2D eigenvalue weighted by molar-refractivity contribution is -0.384. The molecule has 0 saturated carbocycles. The number of non-ortho nitro benzene ring substituents is 1. The predicted molar refractivity (Wildman–Crippen MR) is 81.4 cm³/mol. The second-order valence-electron chi connectivity index (χ2n) is 5.96. The summed E-state index contributed by atoms with van der Waals surface area (Å²) in [7, 11) is 0. The standard InChI is InChI=1S/C15H11ClN2O6/c16-8-2-1-7(18(22)23)5-9(8)17-13(20)11-10-3-4-15(6-19,24-10)12(11)14(17)21/h1-5,10-12,19H,6H2/t10-,11+,12-,15-/m0/s1. The van der Waals surface area contributed by atoms with Gasteiger partial charge in [0.1, 0.15) is 5.60 Å². The summed E-state index contributed by atoms with van der Waals surface area (Å²) in [4.78, 5) is 36.8. The van der Waals surface area contributed by atoms with Crippen LogP contribution in [0.5, 0.6) is 0 Å². The van der Waals surface area contributed by atoms with Crippen LogP contribution >= 0.6 is 11.6 Å². The fourth-order valence-corrected chi connectivity index (χ4v) is 3.91. The maximum atomic E-state index is 12.8. The van der Waals surface area contributed by atoms with E-state index in [9.17, 15) is 24.8 Å². The molecule has 1 N–H and O–H groups in total. The molecule has 9 heteroatoms. The number of carbonyl (C=O) groups excluding carboxylic acids is 2. The largest absolute Gasteiger partial charge is 0.393 e. The fourth-order valence-electron chi connectivity index (χ4n) is 3.71. The van der Waals surface area contributed by atoms with Gasteiger partial charge in [-0.3, -0.25) is 19.7 Å². The van der Waals surface area contributed by atoms with Crippen molar-refractivity contribution in [1.82, 2.24) is 0 Å². The van der Waals surface area contributed by atoms with Crippen LogP contribution in [0.25, 0.3) is 0 Å². The average Bonchev–Trinajstić information content (AvgIpc) is 3.19. The number of aliphatic hydroxyl groups is 1. The van der Waals surface area contributed by atoms with E-state index in [4.69, 9.17) is 16.3 Å². The average molecular weight is 351 g/mol. The van der Waals surface area contributed by atoms with E-state index in [-0.39, 0.29) is 16.4 Å². The first-order chi connectivity index (χ1) is 11.4. The molecule has 4 rings (SSSR count). The maximum Gasteiger partial charge on any atom is 0.271 e. The minimum absolute atomic E-state index is 0.0252. The van der Waals surface area contributed by atoms with Gasteiger partial charge in [0.25, 0.3) is 5.69 Å². The number of nitro benzene ring substituents is 1. The van der Waals surface area contributed by atoms with Gasteiger partial charge in [-0.15, -0.1) is 0 Å². The Morgan fingerprint density at radius 2 is 2.12 bits per heavy atom. The van der Waals surface area contributed by atoms with Crippen LogP contribution in [-0.2, 0) is 14.3 Å². The topological polar surface area (TPSA) is 110 Å². The monoisotopic (exact) mass is 350 g/mol. The number of rotatable bonds is 3. The number of aliphatic hydroxyl groups excluding tert-OH is 1. The molecular weight excluding hydrogens is 340 g/mol. The summed E-state index contributed by atoms with van der Waals surface area (Å²) in [5.74, 6) is -2.73. The summed E-state index contributed by atoms with van der Waals surface area (Å²) >= 11 is 6.06. The number of imide groups is 1. The Balaban J connectivity index is 1.80. The molecule has 0 unspecified atom stereocenters. The molecule has 3 heterocycles. The van der Waals surface area contributed by atoms with E-state index < -0.39 is 46.9 Å². The van der Waals surface area contributed by atoms with Gasteiger partial charge in [0, 0.05) is 12.1 Å². The third-order valence-electron chi connectivity index (χ3n) is 4.78. The van der Waals surface area contributed by atoms with Crippen molar-refractivity contribution < 1.29 is 24.4 Å². The number of anilines is 1. The number of halogens is 1. The number of nitrogens with zero attached hydrogens (tertiary/aromatic N) is 2. The van der Waals surface area contributed by atoms with Crippen molar-refractivity contribution in [2.45, 2.75) is 11.7 Å². The summed E-state index contributed by atoms with van der Waals surface area (Å²) in [6.07, 6.45) is 2.66. The van der Waals surface area contributed by atoms with Gasteiger partial charge in [0.05, 0.1) is 40.2 Å². The quantitative estimate of drug-likeness (QED) is 0.377. The highest BCUT2D eigenvalue weighted by molar-refractivity contribution is 6.36. The van der Waals surface area contributed by atoms with Crippen molar-refractivity contribution in [2.75, 3.05) is 11.5 Å². The molecule has 0 radical (unpaired) electrons. The zero-order chi connectivity index (χ0) is 17.2. The molecular formula is C15H11ClN2O6. The number of nitro groups is 1. The van der Waals surface area contributed by atoms with Crippen molar-refractivity contribution >= 4 is 34.8 Å². The Morgan fingerprint density at radius 3 is 2.79 bits per heavy atom. The van der Waals surface area contributed by atoms with Crippen molar-refractivity contribution in [2.24, 2.45) is 11.8 Å².